The van der Waals surface area contributed by atoms with Gasteiger partial charge in [-0.1, -0.05) is 18.2 Å². The molecule has 94 valence electrons. The largest absolute Gasteiger partial charge is 0.508 e. The average molecular weight is 252 g/mol. The quantitative estimate of drug-likeness (QED) is 0.879. The molecule has 0 radical (unpaired) electrons. The Hall–Kier alpha value is -2.80. The number of hydrogen-bond acceptors (Lipinski definition) is 3. The summed E-state index contributed by atoms with van der Waals surface area (Å²) >= 11 is 0. The lowest BCUT2D eigenvalue weighted by atomic mass is 10.1. The van der Waals surface area contributed by atoms with Crippen LogP contribution in [0.2, 0.25) is 0 Å². The van der Waals surface area contributed by atoms with Crippen LogP contribution in [0, 0.1) is 11.3 Å². The molecule has 2 aromatic rings. The van der Waals surface area contributed by atoms with Crippen LogP contribution in [-0.2, 0) is 6.54 Å². The van der Waals surface area contributed by atoms with E-state index in [1.165, 1.54) is 6.07 Å². The molecule has 0 aliphatic heterocycles. The first-order valence-electron chi connectivity index (χ1n) is 5.75. The molecule has 0 aliphatic rings. The van der Waals surface area contributed by atoms with Crippen molar-refractivity contribution in [1.82, 2.24) is 5.32 Å². The van der Waals surface area contributed by atoms with Crippen LogP contribution in [0.3, 0.4) is 0 Å². The molecule has 0 spiro atoms. The molecule has 4 heteroatoms. The molecule has 0 saturated carbocycles. The summed E-state index contributed by atoms with van der Waals surface area (Å²) in [5.41, 5.74) is 1.70. The summed E-state index contributed by atoms with van der Waals surface area (Å²) < 4.78 is 0. The van der Waals surface area contributed by atoms with Gasteiger partial charge in [0.25, 0.3) is 5.91 Å². The normalized spacial score (nSPS) is 9.63. The van der Waals surface area contributed by atoms with Crippen molar-refractivity contribution >= 4 is 5.91 Å². The highest BCUT2D eigenvalue weighted by Gasteiger charge is 2.06. The molecule has 0 saturated heterocycles. The van der Waals surface area contributed by atoms with Gasteiger partial charge in [-0.05, 0) is 35.9 Å². The van der Waals surface area contributed by atoms with Gasteiger partial charge in [-0.2, -0.15) is 5.26 Å². The first-order chi connectivity index (χ1) is 9.19. The number of carbonyl (C=O) groups excluding carboxylic acids is 1. The van der Waals surface area contributed by atoms with E-state index in [0.29, 0.717) is 17.7 Å². The van der Waals surface area contributed by atoms with Crippen molar-refractivity contribution in [2.24, 2.45) is 0 Å². The molecule has 0 bridgehead atoms. The number of nitrogens with one attached hydrogen (secondary N) is 1. The van der Waals surface area contributed by atoms with Gasteiger partial charge in [0.05, 0.1) is 11.6 Å². The Morgan fingerprint density at radius 3 is 2.74 bits per heavy atom. The topological polar surface area (TPSA) is 73.1 Å². The van der Waals surface area contributed by atoms with E-state index in [1.54, 1.807) is 36.4 Å². The van der Waals surface area contributed by atoms with E-state index in [1.807, 2.05) is 12.1 Å². The Labute approximate surface area is 110 Å². The average Bonchev–Trinajstić information content (AvgIpc) is 2.45. The number of amides is 1. The lowest BCUT2D eigenvalue weighted by Gasteiger charge is -2.06. The van der Waals surface area contributed by atoms with Crippen LogP contribution < -0.4 is 5.32 Å². The van der Waals surface area contributed by atoms with E-state index in [2.05, 4.69) is 5.32 Å². The van der Waals surface area contributed by atoms with Gasteiger partial charge in [0, 0.05) is 12.1 Å². The Kier molecular flexibility index (Phi) is 3.79. The van der Waals surface area contributed by atoms with Gasteiger partial charge in [-0.25, -0.2) is 0 Å². The van der Waals surface area contributed by atoms with Crippen molar-refractivity contribution in [2.45, 2.75) is 6.54 Å². The van der Waals surface area contributed by atoms with Crippen LogP contribution in [-0.4, -0.2) is 11.0 Å². The number of nitriles is 1. The fraction of sp³-hybridized carbons (Fsp3) is 0.0667. The van der Waals surface area contributed by atoms with E-state index < -0.39 is 0 Å². The highest BCUT2D eigenvalue weighted by molar-refractivity contribution is 5.94. The Bertz CT molecular complexity index is 645. The molecular formula is C15H12N2O2. The summed E-state index contributed by atoms with van der Waals surface area (Å²) in [5.74, 6) is -0.0846. The number of phenols is 1. The summed E-state index contributed by atoms with van der Waals surface area (Å²) in [7, 11) is 0. The first-order valence-corrected chi connectivity index (χ1v) is 5.75. The maximum atomic E-state index is 11.9. The molecule has 0 aromatic heterocycles. The molecule has 2 N–H and O–H groups in total. The molecule has 0 unspecified atom stereocenters. The number of benzene rings is 2. The number of aromatic hydroxyl groups is 1. The summed E-state index contributed by atoms with van der Waals surface area (Å²) in [6.07, 6.45) is 0. The number of nitrogens with zero attached hydrogens (tertiary/aromatic N) is 1. The van der Waals surface area contributed by atoms with Crippen LogP contribution >= 0.6 is 0 Å². The van der Waals surface area contributed by atoms with Gasteiger partial charge >= 0.3 is 0 Å². The second-order valence-corrected chi connectivity index (χ2v) is 4.05. The summed E-state index contributed by atoms with van der Waals surface area (Å²) in [6.45, 7) is 0.323. The van der Waals surface area contributed by atoms with Gasteiger partial charge in [-0.3, -0.25) is 4.79 Å². The van der Waals surface area contributed by atoms with E-state index in [4.69, 9.17) is 5.26 Å². The zero-order valence-electron chi connectivity index (χ0n) is 10.1. The molecule has 2 aromatic carbocycles. The summed E-state index contributed by atoms with van der Waals surface area (Å²) in [5, 5.41) is 20.8. The minimum Gasteiger partial charge on any atom is -0.508 e. The lowest BCUT2D eigenvalue weighted by Crippen LogP contribution is -2.22. The molecule has 0 fully saturated rings. The van der Waals surface area contributed by atoms with Gasteiger partial charge in [0.15, 0.2) is 0 Å². The van der Waals surface area contributed by atoms with Crippen LogP contribution in [0.15, 0.2) is 48.5 Å². The highest BCUT2D eigenvalue weighted by Crippen LogP contribution is 2.11. The van der Waals surface area contributed by atoms with Gasteiger partial charge in [0.1, 0.15) is 5.75 Å². The smallest absolute Gasteiger partial charge is 0.251 e. The van der Waals surface area contributed by atoms with Crippen molar-refractivity contribution < 1.29 is 9.90 Å². The van der Waals surface area contributed by atoms with Crippen molar-refractivity contribution in [3.05, 3.63) is 65.2 Å². The van der Waals surface area contributed by atoms with Crippen molar-refractivity contribution in [1.29, 1.82) is 5.26 Å². The predicted octanol–water partition coefficient (Wildman–Crippen LogP) is 2.19. The lowest BCUT2D eigenvalue weighted by molar-refractivity contribution is 0.0951. The van der Waals surface area contributed by atoms with E-state index >= 15 is 0 Å². The Morgan fingerprint density at radius 2 is 2.00 bits per heavy atom. The molecule has 0 aliphatic carbocycles. The maximum Gasteiger partial charge on any atom is 0.251 e. The monoisotopic (exact) mass is 252 g/mol. The van der Waals surface area contributed by atoms with Crippen LogP contribution in [0.25, 0.3) is 0 Å². The third kappa shape index (κ3) is 3.33. The third-order valence-electron chi connectivity index (χ3n) is 2.62. The fourth-order valence-electron chi connectivity index (χ4n) is 1.68. The standard InChI is InChI=1S/C15H12N2O2/c16-9-11-3-1-5-13(7-11)15(19)17-10-12-4-2-6-14(18)8-12/h1-8,18H,10H2,(H,17,19). The number of carbonyl (C=O) groups is 1. The Balaban J connectivity index is 2.03. The predicted molar refractivity (Wildman–Crippen MR) is 70.4 cm³/mol. The first kappa shape index (κ1) is 12.7. The minimum atomic E-state index is -0.250. The molecule has 0 heterocycles. The number of phenolic OH excluding ortho intramolecular Hbond substituents is 1. The molecule has 0 atom stereocenters. The summed E-state index contributed by atoms with van der Waals surface area (Å²) in [6, 6.07) is 15.2. The van der Waals surface area contributed by atoms with Crippen molar-refractivity contribution in [3.8, 4) is 11.8 Å². The molecular weight excluding hydrogens is 240 g/mol. The molecule has 19 heavy (non-hydrogen) atoms. The second-order valence-electron chi connectivity index (χ2n) is 4.05. The SMILES string of the molecule is N#Cc1cccc(C(=O)NCc2cccc(O)c2)c1. The zero-order valence-corrected chi connectivity index (χ0v) is 10.1. The zero-order chi connectivity index (χ0) is 13.7. The van der Waals surface area contributed by atoms with Crippen molar-refractivity contribution in [3.63, 3.8) is 0 Å². The third-order valence-corrected chi connectivity index (χ3v) is 2.62. The second kappa shape index (κ2) is 5.69. The molecule has 2 rings (SSSR count). The van der Waals surface area contributed by atoms with E-state index in [9.17, 15) is 9.90 Å². The van der Waals surface area contributed by atoms with Crippen molar-refractivity contribution in [2.75, 3.05) is 0 Å². The minimum absolute atomic E-state index is 0.165. The van der Waals surface area contributed by atoms with E-state index in [-0.39, 0.29) is 11.7 Å². The van der Waals surface area contributed by atoms with E-state index in [0.717, 1.165) is 5.56 Å². The van der Waals surface area contributed by atoms with Gasteiger partial charge in [0.2, 0.25) is 0 Å². The molecule has 4 nitrogen and oxygen atoms in total. The molecule has 1 amide bonds. The highest BCUT2D eigenvalue weighted by atomic mass is 16.3. The maximum absolute atomic E-state index is 11.9. The van der Waals surface area contributed by atoms with Gasteiger partial charge < -0.3 is 10.4 Å². The Morgan fingerprint density at radius 1 is 1.21 bits per heavy atom. The van der Waals surface area contributed by atoms with Crippen LogP contribution in [0.5, 0.6) is 5.75 Å². The number of hydrogen-bond donors (Lipinski definition) is 2. The summed E-state index contributed by atoms with van der Waals surface area (Å²) in [4.78, 5) is 11.9. The van der Waals surface area contributed by atoms with Crippen LogP contribution in [0.1, 0.15) is 21.5 Å². The fourth-order valence-corrected chi connectivity index (χ4v) is 1.68. The van der Waals surface area contributed by atoms with Crippen LogP contribution in [0.4, 0.5) is 0 Å². The number of rotatable bonds is 3. The van der Waals surface area contributed by atoms with Gasteiger partial charge in [-0.15, -0.1) is 0 Å².